The summed E-state index contributed by atoms with van der Waals surface area (Å²) in [5.41, 5.74) is 3.59. The largest absolute Gasteiger partial charge is 0.432 e. The Morgan fingerprint density at radius 3 is 2.89 bits per heavy atom. The zero-order valence-electron chi connectivity index (χ0n) is 10.1. The second-order valence-corrected chi connectivity index (χ2v) is 4.82. The van der Waals surface area contributed by atoms with Gasteiger partial charge in [-0.05, 0) is 24.0 Å². The quantitative estimate of drug-likeness (QED) is 0.777. The van der Waals surface area contributed by atoms with Gasteiger partial charge in [0.25, 0.3) is 6.01 Å². The van der Waals surface area contributed by atoms with Crippen molar-refractivity contribution in [1.29, 1.82) is 0 Å². The number of benzene rings is 1. The predicted molar refractivity (Wildman–Crippen MR) is 71.9 cm³/mol. The molecular formula is C14H15ClN2O. The molecule has 0 radical (unpaired) electrons. The summed E-state index contributed by atoms with van der Waals surface area (Å²) in [5.74, 6) is 0.397. The first-order valence-electron chi connectivity index (χ1n) is 6.19. The van der Waals surface area contributed by atoms with Crippen LogP contribution < -0.4 is 4.90 Å². The average molecular weight is 263 g/mol. The molecule has 0 N–H and O–H groups in total. The van der Waals surface area contributed by atoms with E-state index in [2.05, 4.69) is 34.1 Å². The second kappa shape index (κ2) is 5.02. The van der Waals surface area contributed by atoms with Crippen molar-refractivity contribution in [2.45, 2.75) is 25.3 Å². The van der Waals surface area contributed by atoms with Crippen LogP contribution in [0.3, 0.4) is 0 Å². The van der Waals surface area contributed by atoms with E-state index in [1.54, 1.807) is 6.26 Å². The van der Waals surface area contributed by atoms with Crippen molar-refractivity contribution in [2.24, 2.45) is 0 Å². The number of hydrogen-bond acceptors (Lipinski definition) is 3. The molecule has 2 heterocycles. The van der Waals surface area contributed by atoms with Crippen molar-refractivity contribution in [3.63, 3.8) is 0 Å². The van der Waals surface area contributed by atoms with Crippen LogP contribution in [-0.2, 0) is 18.8 Å². The van der Waals surface area contributed by atoms with Crippen molar-refractivity contribution >= 4 is 17.6 Å². The van der Waals surface area contributed by atoms with Crippen molar-refractivity contribution in [3.8, 4) is 0 Å². The van der Waals surface area contributed by atoms with E-state index in [0.29, 0.717) is 11.9 Å². The van der Waals surface area contributed by atoms with Gasteiger partial charge in [-0.3, -0.25) is 0 Å². The monoisotopic (exact) mass is 262 g/mol. The van der Waals surface area contributed by atoms with Gasteiger partial charge in [0.05, 0.1) is 11.6 Å². The number of anilines is 1. The van der Waals surface area contributed by atoms with Crippen LogP contribution in [0, 0.1) is 0 Å². The van der Waals surface area contributed by atoms with Gasteiger partial charge in [-0.25, -0.2) is 0 Å². The molecule has 0 saturated carbocycles. The number of hydrogen-bond donors (Lipinski definition) is 0. The minimum absolute atomic E-state index is 0.397. The molecule has 3 nitrogen and oxygen atoms in total. The van der Waals surface area contributed by atoms with Crippen LogP contribution in [0.5, 0.6) is 0 Å². The molecule has 1 aromatic heterocycles. The Balaban J connectivity index is 1.86. The summed E-state index contributed by atoms with van der Waals surface area (Å²) in [4.78, 5) is 6.58. The van der Waals surface area contributed by atoms with E-state index in [9.17, 15) is 0 Å². The van der Waals surface area contributed by atoms with Gasteiger partial charge in [0.1, 0.15) is 6.26 Å². The molecule has 1 aliphatic heterocycles. The molecular weight excluding hydrogens is 248 g/mol. The van der Waals surface area contributed by atoms with E-state index in [-0.39, 0.29) is 0 Å². The fraction of sp³-hybridized carbons (Fsp3) is 0.357. The van der Waals surface area contributed by atoms with Crippen LogP contribution in [0.15, 0.2) is 34.9 Å². The Bertz CT molecular complexity index is 538. The third-order valence-corrected chi connectivity index (χ3v) is 3.57. The van der Waals surface area contributed by atoms with Gasteiger partial charge >= 0.3 is 0 Å². The van der Waals surface area contributed by atoms with Crippen LogP contribution in [-0.4, -0.2) is 11.5 Å². The molecule has 0 amide bonds. The third kappa shape index (κ3) is 2.23. The molecule has 0 saturated heterocycles. The van der Waals surface area contributed by atoms with E-state index in [0.717, 1.165) is 31.6 Å². The summed E-state index contributed by atoms with van der Waals surface area (Å²) in [5, 5.41) is 0. The number of nitrogens with zero attached hydrogens (tertiary/aromatic N) is 2. The Morgan fingerprint density at radius 2 is 2.11 bits per heavy atom. The van der Waals surface area contributed by atoms with Crippen molar-refractivity contribution < 1.29 is 4.42 Å². The maximum atomic E-state index is 5.75. The molecule has 3 rings (SSSR count). The van der Waals surface area contributed by atoms with Crippen molar-refractivity contribution in [1.82, 2.24) is 4.98 Å². The number of alkyl halides is 1. The molecule has 4 heteroatoms. The SMILES string of the molecule is ClCc1coc(N2CCCc3ccccc3C2)n1. The van der Waals surface area contributed by atoms with E-state index in [4.69, 9.17) is 16.0 Å². The highest BCUT2D eigenvalue weighted by Crippen LogP contribution is 2.23. The number of halogens is 1. The van der Waals surface area contributed by atoms with Crippen molar-refractivity contribution in [3.05, 3.63) is 47.3 Å². The van der Waals surface area contributed by atoms with Crippen LogP contribution in [0.25, 0.3) is 0 Å². The molecule has 18 heavy (non-hydrogen) atoms. The second-order valence-electron chi connectivity index (χ2n) is 4.55. The van der Waals surface area contributed by atoms with Gasteiger partial charge < -0.3 is 9.32 Å². The fourth-order valence-electron chi connectivity index (χ4n) is 2.37. The Hall–Kier alpha value is -1.48. The molecule has 94 valence electrons. The predicted octanol–water partition coefficient (Wildman–Crippen LogP) is 3.37. The maximum Gasteiger partial charge on any atom is 0.297 e. The lowest BCUT2D eigenvalue weighted by Crippen LogP contribution is -2.22. The number of rotatable bonds is 2. The molecule has 0 unspecified atom stereocenters. The zero-order chi connectivity index (χ0) is 12.4. The number of aromatic nitrogens is 1. The van der Waals surface area contributed by atoms with Gasteiger partial charge in [-0.1, -0.05) is 24.3 Å². The lowest BCUT2D eigenvalue weighted by Gasteiger charge is -2.18. The van der Waals surface area contributed by atoms with Crippen LogP contribution in [0.2, 0.25) is 0 Å². The van der Waals surface area contributed by atoms with Crippen LogP contribution in [0.1, 0.15) is 23.2 Å². The highest BCUT2D eigenvalue weighted by molar-refractivity contribution is 6.16. The van der Waals surface area contributed by atoms with Gasteiger partial charge in [-0.2, -0.15) is 4.98 Å². The molecule has 0 atom stereocenters. The van der Waals surface area contributed by atoms with E-state index in [1.165, 1.54) is 11.1 Å². The molecule has 1 aromatic carbocycles. The first kappa shape index (κ1) is 11.6. The van der Waals surface area contributed by atoms with Crippen LogP contribution >= 0.6 is 11.6 Å². The molecule has 0 spiro atoms. The van der Waals surface area contributed by atoms with Gasteiger partial charge in [0, 0.05) is 13.1 Å². The first-order chi connectivity index (χ1) is 8.86. The topological polar surface area (TPSA) is 29.3 Å². The number of aryl methyl sites for hydroxylation is 1. The Kier molecular flexibility index (Phi) is 3.24. The van der Waals surface area contributed by atoms with Crippen molar-refractivity contribution in [2.75, 3.05) is 11.4 Å². The number of oxazole rings is 1. The van der Waals surface area contributed by atoms with E-state index in [1.807, 2.05) is 0 Å². The lowest BCUT2D eigenvalue weighted by molar-refractivity contribution is 0.530. The molecule has 2 aromatic rings. The van der Waals surface area contributed by atoms with Gasteiger partial charge in [0.15, 0.2) is 0 Å². The normalized spacial score (nSPS) is 15.3. The molecule has 0 fully saturated rings. The minimum atomic E-state index is 0.397. The Labute approximate surface area is 111 Å². The first-order valence-corrected chi connectivity index (χ1v) is 6.72. The lowest BCUT2D eigenvalue weighted by atomic mass is 10.0. The smallest absolute Gasteiger partial charge is 0.297 e. The van der Waals surface area contributed by atoms with E-state index < -0.39 is 0 Å². The standard InChI is InChI=1S/C14H15ClN2O/c15-8-13-10-18-14(16-13)17-7-3-6-11-4-1-2-5-12(11)9-17/h1-2,4-5,10H,3,6-9H2. The third-order valence-electron chi connectivity index (χ3n) is 3.30. The summed E-state index contributed by atoms with van der Waals surface area (Å²) in [6.45, 7) is 1.83. The molecule has 1 aliphatic rings. The average Bonchev–Trinajstić information content (AvgIpc) is 2.78. The summed E-state index contributed by atoms with van der Waals surface area (Å²) in [6, 6.07) is 9.26. The minimum Gasteiger partial charge on any atom is -0.432 e. The summed E-state index contributed by atoms with van der Waals surface area (Å²) < 4.78 is 5.50. The summed E-state index contributed by atoms with van der Waals surface area (Å²) in [6.07, 6.45) is 3.88. The Morgan fingerprint density at radius 1 is 1.28 bits per heavy atom. The highest BCUT2D eigenvalue weighted by Gasteiger charge is 2.18. The zero-order valence-corrected chi connectivity index (χ0v) is 10.9. The maximum absolute atomic E-state index is 5.75. The highest BCUT2D eigenvalue weighted by atomic mass is 35.5. The van der Waals surface area contributed by atoms with E-state index >= 15 is 0 Å². The molecule has 0 aliphatic carbocycles. The molecule has 0 bridgehead atoms. The fourth-order valence-corrected chi connectivity index (χ4v) is 2.49. The summed E-state index contributed by atoms with van der Waals surface area (Å²) in [7, 11) is 0. The summed E-state index contributed by atoms with van der Waals surface area (Å²) >= 11 is 5.75. The van der Waals surface area contributed by atoms with Gasteiger partial charge in [-0.15, -0.1) is 11.6 Å². The number of fused-ring (bicyclic) bond motifs is 1. The van der Waals surface area contributed by atoms with Crippen LogP contribution in [0.4, 0.5) is 6.01 Å². The van der Waals surface area contributed by atoms with Gasteiger partial charge in [0.2, 0.25) is 0 Å².